The molecule has 2 aliphatic rings. The number of rotatable bonds is 4. The Labute approximate surface area is 201 Å². The van der Waals surface area contributed by atoms with E-state index >= 15 is 0 Å². The predicted molar refractivity (Wildman–Crippen MR) is 126 cm³/mol. The van der Waals surface area contributed by atoms with Gasteiger partial charge in [0.15, 0.2) is 0 Å². The number of carbonyl (C=O) groups excluding carboxylic acids is 2. The number of nitrogens with zero attached hydrogens (tertiary/aromatic N) is 4. The first kappa shape index (κ1) is 22.6. The lowest BCUT2D eigenvalue weighted by Crippen LogP contribution is -2.51. The van der Waals surface area contributed by atoms with Gasteiger partial charge >= 0.3 is 0 Å². The molecule has 0 aliphatic carbocycles. The number of para-hydroxylation sites is 1. The Morgan fingerprint density at radius 3 is 2.59 bits per heavy atom. The minimum atomic E-state index is -0.568. The van der Waals surface area contributed by atoms with Crippen LogP contribution < -0.4 is 4.90 Å². The quantitative estimate of drug-likeness (QED) is 0.566. The summed E-state index contributed by atoms with van der Waals surface area (Å²) in [6, 6.07) is 12.3. The lowest BCUT2D eigenvalue weighted by molar-refractivity contribution is -0.120. The minimum Gasteiger partial charge on any atom is -0.360 e. The highest BCUT2D eigenvalue weighted by atomic mass is 35.5. The Bertz CT molecular complexity index is 1230. The summed E-state index contributed by atoms with van der Waals surface area (Å²) in [7, 11) is 0. The summed E-state index contributed by atoms with van der Waals surface area (Å²) in [5, 5.41) is 4.09. The van der Waals surface area contributed by atoms with Gasteiger partial charge in [-0.05, 0) is 37.1 Å². The largest absolute Gasteiger partial charge is 0.360 e. The summed E-state index contributed by atoms with van der Waals surface area (Å²) in [5.74, 6) is -0.477. The van der Waals surface area contributed by atoms with Crippen LogP contribution in [0.4, 0.5) is 10.1 Å². The molecule has 2 amide bonds. The summed E-state index contributed by atoms with van der Waals surface area (Å²) in [4.78, 5) is 31.9. The number of hydrogen-bond donors (Lipinski definition) is 0. The van der Waals surface area contributed by atoms with E-state index in [4.69, 9.17) is 16.1 Å². The van der Waals surface area contributed by atoms with Crippen LogP contribution in [0.5, 0.6) is 0 Å². The molecule has 2 aliphatic heterocycles. The van der Waals surface area contributed by atoms with Crippen molar-refractivity contribution in [3.05, 3.63) is 70.2 Å². The van der Waals surface area contributed by atoms with Gasteiger partial charge in [-0.15, -0.1) is 0 Å². The molecule has 1 aromatic heterocycles. The summed E-state index contributed by atoms with van der Waals surface area (Å²) in [5.41, 5.74) is 2.56. The van der Waals surface area contributed by atoms with E-state index in [9.17, 15) is 14.0 Å². The van der Waals surface area contributed by atoms with Crippen molar-refractivity contribution in [2.24, 2.45) is 0 Å². The monoisotopic (exact) mass is 482 g/mol. The van der Waals surface area contributed by atoms with Gasteiger partial charge in [-0.25, -0.2) is 4.39 Å². The fourth-order valence-corrected chi connectivity index (χ4v) is 4.91. The van der Waals surface area contributed by atoms with Crippen molar-refractivity contribution in [3.8, 4) is 11.3 Å². The van der Waals surface area contributed by atoms with Crippen LogP contribution >= 0.6 is 11.6 Å². The first-order valence-corrected chi connectivity index (χ1v) is 11.6. The van der Waals surface area contributed by atoms with Gasteiger partial charge in [0.1, 0.15) is 22.8 Å². The lowest BCUT2D eigenvalue weighted by atomic mass is 10.0. The number of anilines is 1. The Morgan fingerprint density at radius 1 is 1.06 bits per heavy atom. The normalized spacial score (nSPS) is 16.1. The second-order valence-electron chi connectivity index (χ2n) is 8.55. The molecule has 0 saturated carbocycles. The zero-order valence-corrected chi connectivity index (χ0v) is 19.5. The van der Waals surface area contributed by atoms with E-state index in [0.717, 1.165) is 12.1 Å². The average Bonchev–Trinajstić information content (AvgIpc) is 3.43. The van der Waals surface area contributed by atoms with Crippen molar-refractivity contribution in [2.45, 2.75) is 13.3 Å². The molecule has 0 atom stereocenters. The van der Waals surface area contributed by atoms with Crippen LogP contribution in [-0.2, 0) is 11.2 Å². The van der Waals surface area contributed by atoms with Crippen LogP contribution in [0.2, 0.25) is 5.02 Å². The molecule has 9 heteroatoms. The molecular weight excluding hydrogens is 459 g/mol. The van der Waals surface area contributed by atoms with E-state index in [1.807, 2.05) is 23.1 Å². The molecule has 176 valence electrons. The summed E-state index contributed by atoms with van der Waals surface area (Å²) < 4.78 is 19.7. The Morgan fingerprint density at radius 2 is 1.82 bits per heavy atom. The van der Waals surface area contributed by atoms with Gasteiger partial charge < -0.3 is 14.3 Å². The van der Waals surface area contributed by atoms with E-state index in [-0.39, 0.29) is 33.7 Å². The molecule has 0 unspecified atom stereocenters. The van der Waals surface area contributed by atoms with Crippen LogP contribution in [0.15, 0.2) is 47.0 Å². The number of piperazine rings is 1. The molecule has 1 saturated heterocycles. The third kappa shape index (κ3) is 4.08. The van der Waals surface area contributed by atoms with Crippen molar-refractivity contribution >= 4 is 29.1 Å². The molecule has 0 bridgehead atoms. The van der Waals surface area contributed by atoms with E-state index in [0.29, 0.717) is 45.0 Å². The molecule has 3 heterocycles. The van der Waals surface area contributed by atoms with Crippen molar-refractivity contribution in [3.63, 3.8) is 0 Å². The van der Waals surface area contributed by atoms with E-state index in [1.54, 1.807) is 17.9 Å². The average molecular weight is 483 g/mol. The van der Waals surface area contributed by atoms with Crippen LogP contribution in [0.1, 0.15) is 21.7 Å². The SMILES string of the molecule is Cc1onc(-c2c(F)cccc2Cl)c1C(=O)N1CCN(CC(=O)N2CCc3ccccc32)CC1. The number of fused-ring (bicyclic) bond motifs is 1. The van der Waals surface area contributed by atoms with Crippen LogP contribution in [0.25, 0.3) is 11.3 Å². The highest BCUT2D eigenvalue weighted by Crippen LogP contribution is 2.34. The first-order valence-electron chi connectivity index (χ1n) is 11.2. The number of aryl methyl sites for hydroxylation is 1. The van der Waals surface area contributed by atoms with Gasteiger partial charge in [0, 0.05) is 38.4 Å². The molecule has 0 spiro atoms. The summed E-state index contributed by atoms with van der Waals surface area (Å²) >= 11 is 6.20. The van der Waals surface area contributed by atoms with E-state index < -0.39 is 5.82 Å². The number of aromatic nitrogens is 1. The maximum Gasteiger partial charge on any atom is 0.259 e. The Hall–Kier alpha value is -3.23. The second kappa shape index (κ2) is 9.19. The van der Waals surface area contributed by atoms with Crippen molar-refractivity contribution in [2.75, 3.05) is 44.2 Å². The number of benzene rings is 2. The van der Waals surface area contributed by atoms with Crippen molar-refractivity contribution < 1.29 is 18.5 Å². The van der Waals surface area contributed by atoms with Crippen LogP contribution in [0, 0.1) is 12.7 Å². The molecule has 7 nitrogen and oxygen atoms in total. The Balaban J connectivity index is 1.25. The third-order valence-electron chi connectivity index (χ3n) is 6.48. The van der Waals surface area contributed by atoms with E-state index in [2.05, 4.69) is 16.1 Å². The molecule has 0 radical (unpaired) electrons. The summed E-state index contributed by atoms with van der Waals surface area (Å²) in [6.45, 7) is 4.64. The topological polar surface area (TPSA) is 69.9 Å². The molecule has 3 aromatic rings. The van der Waals surface area contributed by atoms with Gasteiger partial charge in [0.25, 0.3) is 5.91 Å². The molecule has 34 heavy (non-hydrogen) atoms. The first-order chi connectivity index (χ1) is 16.4. The number of halogens is 2. The minimum absolute atomic E-state index is 0.0551. The van der Waals surface area contributed by atoms with Crippen LogP contribution in [-0.4, -0.2) is 66.0 Å². The molecule has 0 N–H and O–H groups in total. The smallest absolute Gasteiger partial charge is 0.259 e. The number of carbonyl (C=O) groups is 2. The van der Waals surface area contributed by atoms with Crippen LogP contribution in [0.3, 0.4) is 0 Å². The van der Waals surface area contributed by atoms with Gasteiger partial charge in [-0.1, -0.05) is 41.0 Å². The van der Waals surface area contributed by atoms with Gasteiger partial charge in [0.05, 0.1) is 17.1 Å². The highest BCUT2D eigenvalue weighted by molar-refractivity contribution is 6.33. The maximum atomic E-state index is 14.5. The molecule has 1 fully saturated rings. The predicted octanol–water partition coefficient (Wildman–Crippen LogP) is 3.79. The maximum absolute atomic E-state index is 14.5. The lowest BCUT2D eigenvalue weighted by Gasteiger charge is -2.35. The van der Waals surface area contributed by atoms with Gasteiger partial charge in [-0.2, -0.15) is 0 Å². The van der Waals surface area contributed by atoms with Crippen molar-refractivity contribution in [1.29, 1.82) is 0 Å². The van der Waals surface area contributed by atoms with Gasteiger partial charge in [0.2, 0.25) is 5.91 Å². The highest BCUT2D eigenvalue weighted by Gasteiger charge is 2.32. The van der Waals surface area contributed by atoms with Crippen molar-refractivity contribution in [1.82, 2.24) is 15.0 Å². The van der Waals surface area contributed by atoms with Gasteiger partial charge in [-0.3, -0.25) is 14.5 Å². The standard InChI is InChI=1S/C25H24ClFN4O3/c1-16-22(24(28-34-16)23-18(26)6-4-7-19(23)27)25(33)30-13-11-29(12-14-30)15-21(32)31-10-9-17-5-2-3-8-20(17)31/h2-8H,9-15H2,1H3. The number of hydrogen-bond acceptors (Lipinski definition) is 5. The fourth-order valence-electron chi connectivity index (χ4n) is 4.66. The number of amides is 2. The molecular formula is C25H24ClFN4O3. The molecule has 2 aromatic carbocycles. The zero-order chi connectivity index (χ0) is 23.8. The Kier molecular flexibility index (Phi) is 6.10. The second-order valence-corrected chi connectivity index (χ2v) is 8.96. The summed E-state index contributed by atoms with van der Waals surface area (Å²) in [6.07, 6.45) is 0.872. The zero-order valence-electron chi connectivity index (χ0n) is 18.8. The fraction of sp³-hybridized carbons (Fsp3) is 0.320. The third-order valence-corrected chi connectivity index (χ3v) is 6.80. The van der Waals surface area contributed by atoms with E-state index in [1.165, 1.54) is 17.7 Å². The molecule has 5 rings (SSSR count).